The number of benzene rings is 1. The maximum atomic E-state index is 10.8. The van der Waals surface area contributed by atoms with Crippen LogP contribution in [0.2, 0.25) is 5.02 Å². The molecule has 0 saturated carbocycles. The van der Waals surface area contributed by atoms with Gasteiger partial charge in [0, 0.05) is 24.8 Å². The summed E-state index contributed by atoms with van der Waals surface area (Å²) in [6.45, 7) is 5.15. The van der Waals surface area contributed by atoms with Crippen molar-refractivity contribution >= 4 is 28.8 Å². The predicted octanol–water partition coefficient (Wildman–Crippen LogP) is 3.76. The van der Waals surface area contributed by atoms with E-state index in [0.717, 1.165) is 31.7 Å². The van der Waals surface area contributed by atoms with E-state index < -0.39 is 4.92 Å². The van der Waals surface area contributed by atoms with Gasteiger partial charge in [0.25, 0.3) is 5.69 Å². The molecule has 1 aliphatic rings. The van der Waals surface area contributed by atoms with Crippen LogP contribution in [-0.2, 0) is 13.0 Å². The Morgan fingerprint density at radius 3 is 3.00 bits per heavy atom. The molecule has 0 radical (unpaired) electrons. The number of aromatic nitrogens is 1. The van der Waals surface area contributed by atoms with Crippen molar-refractivity contribution in [1.29, 1.82) is 0 Å². The lowest BCUT2D eigenvalue weighted by Crippen LogP contribution is -2.30. The second-order valence-corrected chi connectivity index (χ2v) is 5.88. The summed E-state index contributed by atoms with van der Waals surface area (Å²) in [6.07, 6.45) is 2.17. The fourth-order valence-electron chi connectivity index (χ4n) is 2.80. The van der Waals surface area contributed by atoms with Crippen LogP contribution in [-0.4, -0.2) is 27.9 Å². The molecular weight excluding hydrogens is 316 g/mol. The van der Waals surface area contributed by atoms with Gasteiger partial charge in [-0.15, -0.1) is 0 Å². The van der Waals surface area contributed by atoms with Crippen molar-refractivity contribution in [3.63, 3.8) is 0 Å². The molecule has 1 N–H and O–H groups in total. The Hall–Kier alpha value is -2.18. The molecule has 1 aromatic heterocycles. The highest BCUT2D eigenvalue weighted by Gasteiger charge is 2.18. The monoisotopic (exact) mass is 332 g/mol. The van der Waals surface area contributed by atoms with Crippen LogP contribution >= 0.6 is 11.6 Å². The highest BCUT2D eigenvalue weighted by molar-refractivity contribution is 6.33. The first-order valence-corrected chi connectivity index (χ1v) is 7.86. The molecule has 0 aliphatic carbocycles. The van der Waals surface area contributed by atoms with Crippen molar-refractivity contribution in [2.45, 2.75) is 19.9 Å². The quantitative estimate of drug-likeness (QED) is 0.681. The topological polar surface area (TPSA) is 71.3 Å². The Balaban J connectivity index is 1.88. The first-order chi connectivity index (χ1) is 11.1. The van der Waals surface area contributed by atoms with Gasteiger partial charge in [-0.3, -0.25) is 15.0 Å². The summed E-state index contributed by atoms with van der Waals surface area (Å²) in [7, 11) is 0. The van der Waals surface area contributed by atoms with Crippen molar-refractivity contribution < 1.29 is 4.92 Å². The molecular formula is C16H17ClN4O2. The molecule has 0 saturated heterocycles. The average molecular weight is 333 g/mol. The van der Waals surface area contributed by atoms with Gasteiger partial charge >= 0.3 is 0 Å². The van der Waals surface area contributed by atoms with Gasteiger partial charge in [-0.05, 0) is 30.2 Å². The number of nitro groups is 1. The molecule has 7 heteroatoms. The van der Waals surface area contributed by atoms with E-state index in [0.29, 0.717) is 5.82 Å². The van der Waals surface area contributed by atoms with Gasteiger partial charge in [0.2, 0.25) is 0 Å². The molecule has 0 atom stereocenters. The second-order valence-electron chi connectivity index (χ2n) is 5.47. The molecule has 120 valence electrons. The van der Waals surface area contributed by atoms with Crippen molar-refractivity contribution in [2.24, 2.45) is 0 Å². The summed E-state index contributed by atoms with van der Waals surface area (Å²) < 4.78 is 0. The maximum absolute atomic E-state index is 10.8. The number of hydrogen-bond acceptors (Lipinski definition) is 5. The van der Waals surface area contributed by atoms with Crippen molar-refractivity contribution in [1.82, 2.24) is 9.88 Å². The van der Waals surface area contributed by atoms with Crippen LogP contribution in [0.3, 0.4) is 0 Å². The van der Waals surface area contributed by atoms with Gasteiger partial charge < -0.3 is 5.32 Å². The number of hydrogen-bond donors (Lipinski definition) is 1. The lowest BCUT2D eigenvalue weighted by Gasteiger charge is -2.29. The predicted molar refractivity (Wildman–Crippen MR) is 90.3 cm³/mol. The van der Waals surface area contributed by atoms with Crippen molar-refractivity contribution in [3.8, 4) is 0 Å². The fraction of sp³-hybridized carbons (Fsp3) is 0.312. The Kier molecular flexibility index (Phi) is 4.45. The molecule has 0 spiro atoms. The summed E-state index contributed by atoms with van der Waals surface area (Å²) in [4.78, 5) is 16.7. The summed E-state index contributed by atoms with van der Waals surface area (Å²) in [5.74, 6) is 0.434. The van der Waals surface area contributed by atoms with Crippen LogP contribution in [0, 0.1) is 10.1 Å². The molecule has 0 fully saturated rings. The average Bonchev–Trinajstić information content (AvgIpc) is 2.56. The third kappa shape index (κ3) is 3.28. The first-order valence-electron chi connectivity index (χ1n) is 7.48. The van der Waals surface area contributed by atoms with Gasteiger partial charge in [0.05, 0.1) is 9.95 Å². The van der Waals surface area contributed by atoms with E-state index in [2.05, 4.69) is 28.2 Å². The summed E-state index contributed by atoms with van der Waals surface area (Å²) >= 11 is 6.11. The molecule has 0 unspecified atom stereocenters. The van der Waals surface area contributed by atoms with Crippen LogP contribution in [0.1, 0.15) is 18.1 Å². The van der Waals surface area contributed by atoms with Crippen LogP contribution in [0.25, 0.3) is 0 Å². The Morgan fingerprint density at radius 1 is 1.48 bits per heavy atom. The van der Waals surface area contributed by atoms with Crippen LogP contribution in [0.15, 0.2) is 30.5 Å². The van der Waals surface area contributed by atoms with Crippen molar-refractivity contribution in [2.75, 3.05) is 18.4 Å². The number of pyridine rings is 1. The van der Waals surface area contributed by atoms with Crippen LogP contribution in [0.4, 0.5) is 17.2 Å². The summed E-state index contributed by atoms with van der Waals surface area (Å²) in [5, 5.41) is 14.2. The Labute approximate surface area is 139 Å². The molecule has 0 amide bonds. The fourth-order valence-corrected chi connectivity index (χ4v) is 3.01. The number of fused-ring (bicyclic) bond motifs is 1. The molecule has 2 heterocycles. The lowest BCUT2D eigenvalue weighted by molar-refractivity contribution is -0.385. The smallest absolute Gasteiger partial charge is 0.289 e. The van der Waals surface area contributed by atoms with Crippen molar-refractivity contribution in [3.05, 3.63) is 56.7 Å². The molecule has 2 aromatic rings. The number of anilines is 2. The van der Waals surface area contributed by atoms with Gasteiger partial charge in [-0.2, -0.15) is 0 Å². The van der Waals surface area contributed by atoms with Gasteiger partial charge in [0.1, 0.15) is 12.0 Å². The Bertz CT molecular complexity index is 751. The highest BCUT2D eigenvalue weighted by atomic mass is 35.5. The minimum absolute atomic E-state index is 0.116. The third-order valence-electron chi connectivity index (χ3n) is 4.08. The van der Waals surface area contributed by atoms with E-state index >= 15 is 0 Å². The van der Waals surface area contributed by atoms with E-state index in [4.69, 9.17) is 11.6 Å². The number of rotatable bonds is 4. The Morgan fingerprint density at radius 2 is 2.30 bits per heavy atom. The summed E-state index contributed by atoms with van der Waals surface area (Å²) in [6, 6.07) is 7.43. The van der Waals surface area contributed by atoms with E-state index in [1.165, 1.54) is 23.4 Å². The maximum Gasteiger partial charge on any atom is 0.289 e. The van der Waals surface area contributed by atoms with Crippen LogP contribution in [0.5, 0.6) is 0 Å². The summed E-state index contributed by atoms with van der Waals surface area (Å²) in [5.41, 5.74) is 3.39. The zero-order chi connectivity index (χ0) is 16.4. The van der Waals surface area contributed by atoms with E-state index in [1.54, 1.807) is 0 Å². The number of nitrogens with one attached hydrogen (secondary N) is 1. The first kappa shape index (κ1) is 15.7. The standard InChI is InChI=1S/C16H17ClN4O2/c1-2-20-7-6-13-11(10-20)4-3-5-15(13)19-16-14(17)8-12(9-18-16)21(22)23/h3-5,8-9H,2,6-7,10H2,1H3,(H,18,19). The number of likely N-dealkylation sites (N-methyl/N-ethyl adjacent to an activating group) is 1. The van der Waals surface area contributed by atoms with Gasteiger partial charge in [0.15, 0.2) is 0 Å². The van der Waals surface area contributed by atoms with Crippen LogP contribution < -0.4 is 5.32 Å². The minimum atomic E-state index is -0.508. The SMILES string of the molecule is CCN1CCc2c(cccc2Nc2ncc([N+](=O)[O-])cc2Cl)C1. The largest absolute Gasteiger partial charge is 0.339 e. The molecule has 1 aromatic carbocycles. The van der Waals surface area contributed by atoms with E-state index in [9.17, 15) is 10.1 Å². The van der Waals surface area contributed by atoms with E-state index in [1.807, 2.05) is 12.1 Å². The van der Waals surface area contributed by atoms with Gasteiger partial charge in [-0.25, -0.2) is 4.98 Å². The third-order valence-corrected chi connectivity index (χ3v) is 4.37. The second kappa shape index (κ2) is 6.52. The molecule has 1 aliphatic heterocycles. The van der Waals surface area contributed by atoms with E-state index in [-0.39, 0.29) is 10.7 Å². The number of halogens is 1. The normalized spacial score (nSPS) is 14.3. The minimum Gasteiger partial charge on any atom is -0.339 e. The molecule has 23 heavy (non-hydrogen) atoms. The highest BCUT2D eigenvalue weighted by Crippen LogP contribution is 2.31. The molecule has 6 nitrogen and oxygen atoms in total. The lowest BCUT2D eigenvalue weighted by atomic mass is 9.98. The zero-order valence-corrected chi connectivity index (χ0v) is 13.5. The molecule has 3 rings (SSSR count). The van der Waals surface area contributed by atoms with Gasteiger partial charge in [-0.1, -0.05) is 30.7 Å². The zero-order valence-electron chi connectivity index (χ0n) is 12.8. The number of nitrogens with zero attached hydrogens (tertiary/aromatic N) is 3. The molecule has 0 bridgehead atoms.